The van der Waals surface area contributed by atoms with Crippen molar-refractivity contribution < 1.29 is 14.3 Å². The molecular weight excluding hydrogens is 352 g/mol. The zero-order chi connectivity index (χ0) is 18.5. The van der Waals surface area contributed by atoms with E-state index in [9.17, 15) is 9.59 Å². The average Bonchev–Trinajstić information content (AvgIpc) is 2.68. The van der Waals surface area contributed by atoms with Crippen LogP contribution in [-0.2, 0) is 14.3 Å². The topological polar surface area (TPSA) is 49.9 Å². The second-order valence-electron chi connectivity index (χ2n) is 7.12. The number of hydrogen-bond donors (Lipinski definition) is 0. The number of carbonyl (C=O) groups excluding carboxylic acids is 2. The molecule has 1 atom stereocenters. The molecular formula is C20H27ClN2O3. The normalized spacial score (nSPS) is 21.5. The Balaban J connectivity index is 1.54. The lowest BCUT2D eigenvalue weighted by atomic mass is 9.92. The van der Waals surface area contributed by atoms with Gasteiger partial charge in [0.05, 0.1) is 12.5 Å². The number of carbonyl (C=O) groups is 2. The van der Waals surface area contributed by atoms with Crippen LogP contribution in [0.25, 0.3) is 0 Å². The number of ether oxygens (including phenoxy) is 1. The summed E-state index contributed by atoms with van der Waals surface area (Å²) in [4.78, 5) is 29.1. The van der Waals surface area contributed by atoms with Gasteiger partial charge in [-0.3, -0.25) is 9.59 Å². The number of piperidine rings is 2. The third-order valence-electron chi connectivity index (χ3n) is 5.37. The Morgan fingerprint density at radius 2 is 1.92 bits per heavy atom. The van der Waals surface area contributed by atoms with Crippen molar-refractivity contribution in [1.82, 2.24) is 4.90 Å². The Hall–Kier alpha value is -1.75. The van der Waals surface area contributed by atoms with E-state index in [0.717, 1.165) is 56.0 Å². The smallest absolute Gasteiger partial charge is 0.310 e. The Morgan fingerprint density at radius 1 is 1.15 bits per heavy atom. The molecule has 2 fully saturated rings. The fourth-order valence-electron chi connectivity index (χ4n) is 3.95. The number of rotatable bonds is 4. The van der Waals surface area contributed by atoms with Crippen LogP contribution in [0.15, 0.2) is 24.3 Å². The molecule has 3 rings (SSSR count). The van der Waals surface area contributed by atoms with Crippen LogP contribution in [0.5, 0.6) is 0 Å². The highest BCUT2D eigenvalue weighted by Crippen LogP contribution is 2.28. The molecule has 2 aliphatic rings. The van der Waals surface area contributed by atoms with Crippen LogP contribution in [-0.4, -0.2) is 49.6 Å². The molecule has 5 nitrogen and oxygen atoms in total. The van der Waals surface area contributed by atoms with Crippen LogP contribution in [0.4, 0.5) is 5.69 Å². The van der Waals surface area contributed by atoms with Gasteiger partial charge in [0.2, 0.25) is 5.91 Å². The van der Waals surface area contributed by atoms with Crippen molar-refractivity contribution in [3.63, 3.8) is 0 Å². The second-order valence-corrected chi connectivity index (χ2v) is 7.55. The minimum absolute atomic E-state index is 0.0476. The molecule has 0 N–H and O–H groups in total. The van der Waals surface area contributed by atoms with Crippen LogP contribution < -0.4 is 4.90 Å². The maximum absolute atomic E-state index is 12.9. The lowest BCUT2D eigenvalue weighted by molar-refractivity contribution is -0.152. The maximum atomic E-state index is 12.9. The standard InChI is InChI=1S/C20H27ClN2O3/c1-2-26-20(25)16-5-4-10-23(14-16)19(24)15-8-11-22(12-9-15)18-7-3-6-17(21)13-18/h3,6-7,13,15-16H,2,4-5,8-12,14H2,1H3. The minimum Gasteiger partial charge on any atom is -0.466 e. The molecule has 0 spiro atoms. The predicted molar refractivity (Wildman–Crippen MR) is 102 cm³/mol. The summed E-state index contributed by atoms with van der Waals surface area (Å²) in [6.45, 7) is 5.18. The fraction of sp³-hybridized carbons (Fsp3) is 0.600. The van der Waals surface area contributed by atoms with Crippen molar-refractivity contribution in [3.8, 4) is 0 Å². The summed E-state index contributed by atoms with van der Waals surface area (Å²) in [5, 5.41) is 0.735. The molecule has 6 heteroatoms. The van der Waals surface area contributed by atoms with Gasteiger partial charge in [0.15, 0.2) is 0 Å². The van der Waals surface area contributed by atoms with Crippen LogP contribution in [0, 0.1) is 11.8 Å². The van der Waals surface area contributed by atoms with Crippen molar-refractivity contribution in [3.05, 3.63) is 29.3 Å². The van der Waals surface area contributed by atoms with E-state index >= 15 is 0 Å². The molecule has 2 aliphatic heterocycles. The number of anilines is 1. The van der Waals surface area contributed by atoms with Gasteiger partial charge in [-0.1, -0.05) is 17.7 Å². The summed E-state index contributed by atoms with van der Waals surface area (Å²) in [6.07, 6.45) is 3.37. The molecule has 142 valence electrons. The third-order valence-corrected chi connectivity index (χ3v) is 5.61. The van der Waals surface area contributed by atoms with Crippen LogP contribution >= 0.6 is 11.6 Å². The summed E-state index contributed by atoms with van der Waals surface area (Å²) in [5.74, 6) is -0.0869. The van der Waals surface area contributed by atoms with Crippen molar-refractivity contribution in [2.75, 3.05) is 37.7 Å². The van der Waals surface area contributed by atoms with E-state index in [1.165, 1.54) is 0 Å². The first kappa shape index (κ1) is 19.0. The van der Waals surface area contributed by atoms with Crippen molar-refractivity contribution in [2.45, 2.75) is 32.6 Å². The summed E-state index contributed by atoms with van der Waals surface area (Å²) in [5.41, 5.74) is 1.11. The Morgan fingerprint density at radius 3 is 2.62 bits per heavy atom. The Kier molecular flexibility index (Phi) is 6.41. The number of hydrogen-bond acceptors (Lipinski definition) is 4. The molecule has 2 saturated heterocycles. The number of likely N-dealkylation sites (tertiary alicyclic amines) is 1. The molecule has 0 aromatic heterocycles. The van der Waals surface area contributed by atoms with Gasteiger partial charge in [-0.25, -0.2) is 0 Å². The molecule has 2 heterocycles. The van der Waals surface area contributed by atoms with Gasteiger partial charge < -0.3 is 14.5 Å². The predicted octanol–water partition coefficient (Wildman–Crippen LogP) is 3.36. The van der Waals surface area contributed by atoms with Gasteiger partial charge in [0.25, 0.3) is 0 Å². The SMILES string of the molecule is CCOC(=O)C1CCCN(C(=O)C2CCN(c3cccc(Cl)c3)CC2)C1. The van der Waals surface area contributed by atoms with Crippen LogP contribution in [0.1, 0.15) is 32.6 Å². The van der Waals surface area contributed by atoms with E-state index in [1.54, 1.807) is 0 Å². The van der Waals surface area contributed by atoms with E-state index in [-0.39, 0.29) is 23.7 Å². The summed E-state index contributed by atoms with van der Waals surface area (Å²) < 4.78 is 5.13. The molecule has 0 aliphatic carbocycles. The van der Waals surface area contributed by atoms with E-state index in [1.807, 2.05) is 30.0 Å². The number of nitrogens with zero attached hydrogens (tertiary/aromatic N) is 2. The van der Waals surface area contributed by atoms with Crippen molar-refractivity contribution in [2.24, 2.45) is 11.8 Å². The minimum atomic E-state index is -0.167. The molecule has 0 saturated carbocycles. The van der Waals surface area contributed by atoms with Gasteiger partial charge in [0.1, 0.15) is 0 Å². The highest BCUT2D eigenvalue weighted by atomic mass is 35.5. The number of amides is 1. The molecule has 1 aromatic carbocycles. The van der Waals surface area contributed by atoms with Gasteiger partial charge in [-0.2, -0.15) is 0 Å². The third kappa shape index (κ3) is 4.50. The molecule has 26 heavy (non-hydrogen) atoms. The van der Waals surface area contributed by atoms with Crippen LogP contribution in [0.2, 0.25) is 5.02 Å². The van der Waals surface area contributed by atoms with E-state index in [0.29, 0.717) is 13.2 Å². The molecule has 1 unspecified atom stereocenters. The monoisotopic (exact) mass is 378 g/mol. The summed E-state index contributed by atoms with van der Waals surface area (Å²) >= 11 is 6.08. The average molecular weight is 379 g/mol. The Bertz CT molecular complexity index is 644. The number of halogens is 1. The first-order chi connectivity index (χ1) is 12.6. The summed E-state index contributed by atoms with van der Waals surface area (Å²) in [7, 11) is 0. The first-order valence-electron chi connectivity index (χ1n) is 9.54. The van der Waals surface area contributed by atoms with E-state index in [2.05, 4.69) is 11.0 Å². The molecule has 1 aromatic rings. The zero-order valence-electron chi connectivity index (χ0n) is 15.3. The number of benzene rings is 1. The number of esters is 1. The van der Waals surface area contributed by atoms with Crippen molar-refractivity contribution >= 4 is 29.2 Å². The van der Waals surface area contributed by atoms with Gasteiger partial charge in [-0.15, -0.1) is 0 Å². The quantitative estimate of drug-likeness (QED) is 0.754. The van der Waals surface area contributed by atoms with Gasteiger partial charge in [-0.05, 0) is 50.8 Å². The lowest BCUT2D eigenvalue weighted by Crippen LogP contribution is -2.47. The molecule has 0 bridgehead atoms. The Labute approximate surface area is 160 Å². The largest absolute Gasteiger partial charge is 0.466 e. The maximum Gasteiger partial charge on any atom is 0.310 e. The van der Waals surface area contributed by atoms with Crippen LogP contribution in [0.3, 0.4) is 0 Å². The lowest BCUT2D eigenvalue weighted by Gasteiger charge is -2.38. The molecule has 1 amide bonds. The first-order valence-corrected chi connectivity index (χ1v) is 9.92. The van der Waals surface area contributed by atoms with E-state index in [4.69, 9.17) is 16.3 Å². The van der Waals surface area contributed by atoms with Gasteiger partial charge >= 0.3 is 5.97 Å². The zero-order valence-corrected chi connectivity index (χ0v) is 16.1. The van der Waals surface area contributed by atoms with E-state index < -0.39 is 0 Å². The van der Waals surface area contributed by atoms with Gasteiger partial charge in [0, 0.05) is 42.8 Å². The van der Waals surface area contributed by atoms with Crippen molar-refractivity contribution in [1.29, 1.82) is 0 Å². The fourth-order valence-corrected chi connectivity index (χ4v) is 4.13. The second kappa shape index (κ2) is 8.76. The highest BCUT2D eigenvalue weighted by Gasteiger charge is 2.34. The highest BCUT2D eigenvalue weighted by molar-refractivity contribution is 6.30. The summed E-state index contributed by atoms with van der Waals surface area (Å²) in [6, 6.07) is 7.86. The molecule has 0 radical (unpaired) electrons.